The Labute approximate surface area is 278 Å². The molecule has 270 valence electrons. The van der Waals surface area contributed by atoms with E-state index in [1.807, 2.05) is 4.98 Å². The second-order valence-electron chi connectivity index (χ2n) is 9.32. The highest BCUT2D eigenvalue weighted by Crippen LogP contribution is 2.66. The number of esters is 1. The third kappa shape index (κ3) is 12.2. The molecule has 0 bridgehead atoms. The Morgan fingerprint density at radius 3 is 2.50 bits per heavy atom. The Bertz CT molecular complexity index is 2010. The first kappa shape index (κ1) is 40.1. The number of phosphoric ester groups is 1. The maximum atomic E-state index is 12.7. The lowest BCUT2D eigenvalue weighted by Crippen LogP contribution is -2.33. The highest BCUT2D eigenvalue weighted by Gasteiger charge is 2.43. The van der Waals surface area contributed by atoms with E-state index in [2.05, 4.69) is 45.0 Å². The molecule has 0 saturated carbocycles. The van der Waals surface area contributed by atoms with Crippen LogP contribution in [-0.4, -0.2) is 74.4 Å². The van der Waals surface area contributed by atoms with Crippen LogP contribution in [0.15, 0.2) is 44.2 Å². The molecule has 1 fully saturated rings. The average molecular weight is 766 g/mol. The van der Waals surface area contributed by atoms with Gasteiger partial charge in [-0.05, 0) is 34.8 Å². The van der Waals surface area contributed by atoms with E-state index in [0.29, 0.717) is 11.3 Å². The van der Waals surface area contributed by atoms with Gasteiger partial charge in [0.15, 0.2) is 6.61 Å². The molecule has 5 N–H and O–H groups in total. The number of azide groups is 2. The Balaban J connectivity index is 1.76. The Kier molecular flexibility index (Phi) is 14.1. The number of carbonyl (C=O) groups excluding carboxylic acids is 1. The number of hydrogen-bond donors (Lipinski definition) is 5. The van der Waals surface area contributed by atoms with Crippen LogP contribution in [0.3, 0.4) is 0 Å². The molecule has 0 spiro atoms. The van der Waals surface area contributed by atoms with Crippen molar-refractivity contribution in [3.8, 4) is 17.6 Å². The summed E-state index contributed by atoms with van der Waals surface area (Å²) >= 11 is 0. The van der Waals surface area contributed by atoms with Crippen LogP contribution in [0, 0.1) is 11.8 Å². The number of benzene rings is 1. The zero-order valence-corrected chi connectivity index (χ0v) is 27.8. The molecule has 5 atom stereocenters. The summed E-state index contributed by atoms with van der Waals surface area (Å²) in [6.45, 7) is -2.28. The molecule has 1 aliphatic rings. The second kappa shape index (κ2) is 17.6. The van der Waals surface area contributed by atoms with Crippen LogP contribution in [0.5, 0.6) is 5.75 Å². The minimum absolute atomic E-state index is 0.0597. The SMILES string of the molecule is COc1ccc(C(=O)OCC#Cc2cn([C@H]3C[C@@H](OCN=[N+]=[N-])[C@@H](COP(=O)(O)OP(=O)(O)OP(=O)(O)O)O3)c(=O)[nH]c2=O)c(CN=[N+]=[N-])c1. The Hall–Kier alpha value is -4.32. The van der Waals surface area contributed by atoms with Gasteiger partial charge in [0.05, 0.1) is 31.9 Å². The maximum absolute atomic E-state index is 12.7. The number of phosphoric acid groups is 3. The van der Waals surface area contributed by atoms with E-state index < -0.39 is 79.1 Å². The fraction of sp³-hybridized carbons (Fsp3) is 0.409. The largest absolute Gasteiger partial charge is 0.497 e. The molecular weight excluding hydrogens is 741 g/mol. The fourth-order valence-corrected chi connectivity index (χ4v) is 7.09. The van der Waals surface area contributed by atoms with Crippen molar-refractivity contribution in [2.45, 2.75) is 31.4 Å². The van der Waals surface area contributed by atoms with Crippen molar-refractivity contribution in [3.63, 3.8) is 0 Å². The van der Waals surface area contributed by atoms with Crippen LogP contribution in [-0.2, 0) is 47.6 Å². The number of carbonyl (C=O) groups is 1. The number of rotatable bonds is 16. The molecule has 0 amide bonds. The summed E-state index contributed by atoms with van der Waals surface area (Å²) in [5, 5.41) is 6.61. The van der Waals surface area contributed by atoms with Crippen LogP contribution in [0.1, 0.15) is 34.1 Å². The molecule has 1 aliphatic heterocycles. The molecule has 28 heteroatoms. The molecule has 1 aromatic carbocycles. The van der Waals surface area contributed by atoms with Crippen molar-refractivity contribution in [2.24, 2.45) is 10.2 Å². The van der Waals surface area contributed by atoms with E-state index in [0.717, 1.165) is 10.8 Å². The number of hydrogen-bond acceptors (Lipinski definition) is 15. The predicted octanol–water partition coefficient (Wildman–Crippen LogP) is 1.85. The van der Waals surface area contributed by atoms with Crippen molar-refractivity contribution in [1.82, 2.24) is 9.55 Å². The van der Waals surface area contributed by atoms with Crippen LogP contribution in [0.4, 0.5) is 0 Å². The summed E-state index contributed by atoms with van der Waals surface area (Å²) in [4.78, 5) is 81.3. The summed E-state index contributed by atoms with van der Waals surface area (Å²) in [5.74, 6) is 4.44. The smallest absolute Gasteiger partial charge is 0.490 e. The molecule has 3 rings (SSSR count). The number of nitrogens with zero attached hydrogens (tertiary/aromatic N) is 7. The number of H-pyrrole nitrogens is 1. The first-order chi connectivity index (χ1) is 23.5. The number of nitrogens with one attached hydrogen (secondary N) is 1. The average Bonchev–Trinajstić information content (AvgIpc) is 3.42. The number of aromatic amines is 1. The van der Waals surface area contributed by atoms with Crippen LogP contribution >= 0.6 is 23.5 Å². The lowest BCUT2D eigenvalue weighted by molar-refractivity contribution is -0.0601. The van der Waals surface area contributed by atoms with E-state index in [1.54, 1.807) is 0 Å². The van der Waals surface area contributed by atoms with Gasteiger partial charge >= 0.3 is 35.1 Å². The maximum Gasteiger partial charge on any atom is 0.490 e. The first-order valence-corrected chi connectivity index (χ1v) is 17.7. The zero-order chi connectivity index (χ0) is 37.1. The monoisotopic (exact) mass is 766 g/mol. The van der Waals surface area contributed by atoms with Crippen LogP contribution in [0.2, 0.25) is 0 Å². The van der Waals surface area contributed by atoms with Gasteiger partial charge in [-0.15, -0.1) is 0 Å². The predicted molar refractivity (Wildman–Crippen MR) is 162 cm³/mol. The number of ether oxygens (including phenoxy) is 4. The Morgan fingerprint density at radius 2 is 1.84 bits per heavy atom. The van der Waals surface area contributed by atoms with E-state index in [-0.39, 0.29) is 24.1 Å². The minimum atomic E-state index is -5.82. The van der Waals surface area contributed by atoms with E-state index in [4.69, 9.17) is 39.8 Å². The molecule has 25 nitrogen and oxygen atoms in total. The van der Waals surface area contributed by atoms with Crippen molar-refractivity contribution in [1.29, 1.82) is 0 Å². The third-order valence-electron chi connectivity index (χ3n) is 6.02. The molecule has 2 aromatic rings. The van der Waals surface area contributed by atoms with Crippen LogP contribution < -0.4 is 16.0 Å². The summed E-state index contributed by atoms with van der Waals surface area (Å²) in [6, 6.07) is 4.34. The van der Waals surface area contributed by atoms with Gasteiger partial charge in [-0.25, -0.2) is 23.3 Å². The summed E-state index contributed by atoms with van der Waals surface area (Å²) in [5.41, 5.74) is 15.3. The van der Waals surface area contributed by atoms with Gasteiger partial charge in [-0.3, -0.25) is 18.9 Å². The van der Waals surface area contributed by atoms with Gasteiger partial charge in [0.2, 0.25) is 0 Å². The van der Waals surface area contributed by atoms with E-state index in [9.17, 15) is 37.9 Å². The second-order valence-corrected chi connectivity index (χ2v) is 13.7. The van der Waals surface area contributed by atoms with Crippen molar-refractivity contribution in [2.75, 3.05) is 27.1 Å². The molecule has 50 heavy (non-hydrogen) atoms. The lowest BCUT2D eigenvalue weighted by atomic mass is 10.1. The number of aromatic nitrogens is 2. The van der Waals surface area contributed by atoms with Gasteiger partial charge in [0, 0.05) is 22.4 Å². The quantitative estimate of drug-likeness (QED) is 0.0406. The Morgan fingerprint density at radius 1 is 1.12 bits per heavy atom. The lowest BCUT2D eigenvalue weighted by Gasteiger charge is -2.20. The molecule has 2 heterocycles. The molecule has 1 aromatic heterocycles. The van der Waals surface area contributed by atoms with E-state index in [1.165, 1.54) is 25.3 Å². The zero-order valence-electron chi connectivity index (χ0n) is 25.1. The third-order valence-corrected chi connectivity index (χ3v) is 9.82. The van der Waals surface area contributed by atoms with Crippen LogP contribution in [0.25, 0.3) is 20.9 Å². The standard InChI is InChI=1S/C22H25N8O17P3/c1-41-15-4-5-16(14(7-15)9-25-28-23)21(32)42-6-2-3-13-10-30(22(33)27-20(13)31)19-8-17(43-12-26-29-24)18(45-19)11-44-49(37,38)47-50(39,40)46-48(34,35)36/h4-5,7,10,17-19H,6,8-9,11-12H2,1H3,(H,37,38)(H,39,40)(H,27,31,33)(H2,34,35,36)/t17-,18-,19-/m1/s1. The molecule has 0 radical (unpaired) electrons. The first-order valence-electron chi connectivity index (χ1n) is 13.2. The van der Waals surface area contributed by atoms with Crippen molar-refractivity contribution in [3.05, 3.63) is 82.8 Å². The van der Waals surface area contributed by atoms with Gasteiger partial charge < -0.3 is 38.5 Å². The van der Waals surface area contributed by atoms with Gasteiger partial charge in [0.1, 0.15) is 30.4 Å². The molecular formula is C22H25N8O17P3. The van der Waals surface area contributed by atoms with E-state index >= 15 is 0 Å². The number of methoxy groups -OCH3 is 1. The van der Waals surface area contributed by atoms with Gasteiger partial charge in [-0.2, -0.15) is 8.62 Å². The topological polar surface area (TPSA) is 366 Å². The summed E-state index contributed by atoms with van der Waals surface area (Å²) < 4.78 is 68.6. The normalized spacial score (nSPS) is 19.4. The molecule has 1 saturated heterocycles. The molecule has 0 aliphatic carbocycles. The van der Waals surface area contributed by atoms with Crippen molar-refractivity contribution < 1.29 is 70.2 Å². The summed E-state index contributed by atoms with van der Waals surface area (Å²) in [6.07, 6.45) is -3.12. The highest BCUT2D eigenvalue weighted by atomic mass is 31.3. The summed E-state index contributed by atoms with van der Waals surface area (Å²) in [7, 11) is -15.6. The van der Waals surface area contributed by atoms with Crippen molar-refractivity contribution >= 4 is 29.4 Å². The fourth-order valence-electron chi connectivity index (χ4n) is 4.06. The van der Waals surface area contributed by atoms with Gasteiger partial charge in [-0.1, -0.05) is 22.1 Å². The highest BCUT2D eigenvalue weighted by molar-refractivity contribution is 7.66. The minimum Gasteiger partial charge on any atom is -0.497 e. The van der Waals surface area contributed by atoms with Gasteiger partial charge in [0.25, 0.3) is 5.56 Å². The molecule has 2 unspecified atom stereocenters.